The van der Waals surface area contributed by atoms with Gasteiger partial charge in [0.2, 0.25) is 0 Å². The minimum absolute atomic E-state index is 0.379. The number of hydrogen-bond donors (Lipinski definition) is 0. The normalized spacial score (nSPS) is 15.3. The van der Waals surface area contributed by atoms with Gasteiger partial charge in [-0.15, -0.1) is 0 Å². The first-order valence-electron chi connectivity index (χ1n) is 17.9. The highest BCUT2D eigenvalue weighted by atomic mass is 15.4. The van der Waals surface area contributed by atoms with Crippen LogP contribution in [0.1, 0.15) is 144 Å². The summed E-state index contributed by atoms with van der Waals surface area (Å²) in [6.07, 6.45) is 7.87. The van der Waals surface area contributed by atoms with E-state index in [0.717, 1.165) is 26.2 Å². The lowest BCUT2D eigenvalue weighted by molar-refractivity contribution is 0.111. The van der Waals surface area contributed by atoms with Gasteiger partial charge >= 0.3 is 0 Å². The Bertz CT molecular complexity index is 1050. The van der Waals surface area contributed by atoms with E-state index in [-0.39, 0.29) is 0 Å². The summed E-state index contributed by atoms with van der Waals surface area (Å²) in [7, 11) is 0. The summed E-state index contributed by atoms with van der Waals surface area (Å²) in [4.78, 5) is 10.00. The SMILES string of the molecule is CC.CC.CCC(C)(C)N1CCN(C(C)C)C1.CCc1cccc(C(C)C)c1N1C=CN(c2c(CC)cccc2C(C)C)C1. The first-order chi connectivity index (χ1) is 20.9. The van der Waals surface area contributed by atoms with Gasteiger partial charge in [0.05, 0.1) is 13.3 Å². The van der Waals surface area contributed by atoms with Gasteiger partial charge in [-0.1, -0.05) is 113 Å². The molecule has 0 N–H and O–H groups in total. The molecule has 0 unspecified atom stereocenters. The molecule has 0 aliphatic carbocycles. The van der Waals surface area contributed by atoms with E-state index in [4.69, 9.17) is 0 Å². The van der Waals surface area contributed by atoms with Gasteiger partial charge in [0.1, 0.15) is 0 Å². The summed E-state index contributed by atoms with van der Waals surface area (Å²) in [5.41, 5.74) is 8.91. The van der Waals surface area contributed by atoms with Crippen LogP contribution in [0.15, 0.2) is 48.8 Å². The minimum Gasteiger partial charge on any atom is -0.327 e. The third-order valence-electron chi connectivity index (χ3n) is 9.07. The molecule has 2 aliphatic heterocycles. The van der Waals surface area contributed by atoms with Crippen molar-refractivity contribution in [3.05, 3.63) is 71.1 Å². The lowest BCUT2D eigenvalue weighted by atomic mass is 9.95. The van der Waals surface area contributed by atoms with Crippen molar-refractivity contribution >= 4 is 11.4 Å². The van der Waals surface area contributed by atoms with Gasteiger partial charge in [-0.2, -0.15) is 0 Å². The predicted octanol–water partition coefficient (Wildman–Crippen LogP) is 11.0. The summed E-state index contributed by atoms with van der Waals surface area (Å²) in [6, 6.07) is 14.2. The molecule has 2 aliphatic rings. The maximum atomic E-state index is 2.59. The zero-order valence-corrected chi connectivity index (χ0v) is 31.6. The Morgan fingerprint density at radius 3 is 1.39 bits per heavy atom. The number of rotatable bonds is 9. The number of aryl methyl sites for hydroxylation is 2. The summed E-state index contributed by atoms with van der Waals surface area (Å²) in [6.45, 7) is 37.7. The van der Waals surface area contributed by atoms with Crippen LogP contribution >= 0.6 is 0 Å². The molecular weight excluding hydrogens is 536 g/mol. The van der Waals surface area contributed by atoms with Crippen molar-refractivity contribution in [1.82, 2.24) is 9.80 Å². The number of nitrogens with zero attached hydrogens (tertiary/aromatic N) is 4. The van der Waals surface area contributed by atoms with E-state index in [0.29, 0.717) is 23.4 Å². The van der Waals surface area contributed by atoms with Crippen LogP contribution in [0.5, 0.6) is 0 Å². The first-order valence-corrected chi connectivity index (χ1v) is 17.9. The highest BCUT2D eigenvalue weighted by Gasteiger charge is 2.31. The predicted molar refractivity (Wildman–Crippen MR) is 199 cm³/mol. The average Bonchev–Trinajstić information content (AvgIpc) is 3.74. The van der Waals surface area contributed by atoms with Gasteiger partial charge in [-0.25, -0.2) is 0 Å². The summed E-state index contributed by atoms with van der Waals surface area (Å²) < 4.78 is 0. The molecular formula is C40H70N4. The molecule has 44 heavy (non-hydrogen) atoms. The molecule has 2 aromatic rings. The monoisotopic (exact) mass is 607 g/mol. The summed E-state index contributed by atoms with van der Waals surface area (Å²) in [5, 5.41) is 0. The Hall–Kier alpha value is -2.30. The molecule has 4 heteroatoms. The van der Waals surface area contributed by atoms with Crippen LogP contribution in [0.3, 0.4) is 0 Å². The standard InChI is InChI=1S/C25H34N2.C11H24N2.2C2H6/c1-7-20-11-9-13-22(18(3)4)24(20)26-15-16-27(17-26)25-21(8-2)12-10-14-23(25)19(5)6;1-6-11(4,5)13-8-7-12(9-13)10(2)3;2*1-2/h9-16,18-19H,7-8,17H2,1-6H3;10H,6-9H2,1-5H3;2*1-2H3. The zero-order valence-electron chi connectivity index (χ0n) is 31.6. The van der Waals surface area contributed by atoms with Crippen molar-refractivity contribution in [1.29, 1.82) is 0 Å². The Kier molecular flexibility index (Phi) is 17.4. The van der Waals surface area contributed by atoms with Crippen molar-refractivity contribution in [3.8, 4) is 0 Å². The van der Waals surface area contributed by atoms with E-state index in [1.807, 2.05) is 27.7 Å². The van der Waals surface area contributed by atoms with Gasteiger partial charge in [0.25, 0.3) is 0 Å². The maximum absolute atomic E-state index is 2.59. The van der Waals surface area contributed by atoms with Gasteiger partial charge in [-0.05, 0) is 81.0 Å². The zero-order chi connectivity index (χ0) is 33.6. The smallest absolute Gasteiger partial charge is 0.0989 e. The van der Waals surface area contributed by atoms with Crippen LogP contribution in [0.4, 0.5) is 11.4 Å². The van der Waals surface area contributed by atoms with Gasteiger partial charge in [0.15, 0.2) is 0 Å². The van der Waals surface area contributed by atoms with E-state index in [1.165, 1.54) is 53.1 Å². The van der Waals surface area contributed by atoms with E-state index in [2.05, 4.69) is 145 Å². The van der Waals surface area contributed by atoms with Crippen molar-refractivity contribution < 1.29 is 0 Å². The van der Waals surface area contributed by atoms with E-state index in [1.54, 1.807) is 0 Å². The number of hydrogen-bond acceptors (Lipinski definition) is 4. The van der Waals surface area contributed by atoms with Crippen LogP contribution in [0, 0.1) is 0 Å². The van der Waals surface area contributed by atoms with Gasteiger partial charge in [-0.3, -0.25) is 9.80 Å². The topological polar surface area (TPSA) is 13.0 Å². The Morgan fingerprint density at radius 2 is 1.07 bits per heavy atom. The molecule has 0 radical (unpaired) electrons. The largest absolute Gasteiger partial charge is 0.327 e. The molecule has 1 fully saturated rings. The molecule has 4 nitrogen and oxygen atoms in total. The van der Waals surface area contributed by atoms with Crippen LogP contribution in [-0.2, 0) is 12.8 Å². The average molecular weight is 607 g/mol. The fraction of sp³-hybridized carbons (Fsp3) is 0.650. The van der Waals surface area contributed by atoms with Crippen molar-refractivity contribution in [2.45, 2.75) is 147 Å². The first kappa shape index (κ1) is 39.7. The minimum atomic E-state index is 0.379. The summed E-state index contributed by atoms with van der Waals surface area (Å²) >= 11 is 0. The molecule has 250 valence electrons. The van der Waals surface area contributed by atoms with Crippen LogP contribution in [0.2, 0.25) is 0 Å². The second-order valence-corrected chi connectivity index (χ2v) is 13.1. The highest BCUT2D eigenvalue weighted by molar-refractivity contribution is 5.69. The van der Waals surface area contributed by atoms with Crippen LogP contribution in [0.25, 0.3) is 0 Å². The molecule has 0 saturated carbocycles. The molecule has 0 spiro atoms. The van der Waals surface area contributed by atoms with E-state index in [9.17, 15) is 0 Å². The lowest BCUT2D eigenvalue weighted by Crippen LogP contribution is -2.43. The van der Waals surface area contributed by atoms with Crippen molar-refractivity contribution in [2.75, 3.05) is 36.2 Å². The van der Waals surface area contributed by atoms with Crippen LogP contribution in [-0.4, -0.2) is 47.8 Å². The Balaban J connectivity index is 0.000000478. The Labute approximate surface area is 274 Å². The van der Waals surface area contributed by atoms with Crippen LogP contribution < -0.4 is 9.80 Å². The molecule has 2 aromatic carbocycles. The van der Waals surface area contributed by atoms with Crippen molar-refractivity contribution in [3.63, 3.8) is 0 Å². The maximum Gasteiger partial charge on any atom is 0.0989 e. The molecule has 0 bridgehead atoms. The quantitative estimate of drug-likeness (QED) is 0.281. The molecule has 0 amide bonds. The third-order valence-corrected chi connectivity index (χ3v) is 9.07. The Morgan fingerprint density at radius 1 is 0.636 bits per heavy atom. The molecule has 0 aromatic heterocycles. The molecule has 2 heterocycles. The lowest BCUT2D eigenvalue weighted by Gasteiger charge is -2.35. The second-order valence-electron chi connectivity index (χ2n) is 13.1. The van der Waals surface area contributed by atoms with E-state index >= 15 is 0 Å². The van der Waals surface area contributed by atoms with Gasteiger partial charge in [0, 0.05) is 48.4 Å². The molecule has 1 saturated heterocycles. The fourth-order valence-electron chi connectivity index (χ4n) is 5.88. The third kappa shape index (κ3) is 10.1. The molecule has 0 atom stereocenters. The number of benzene rings is 2. The molecule has 4 rings (SSSR count). The second kappa shape index (κ2) is 19.3. The number of anilines is 2. The van der Waals surface area contributed by atoms with E-state index < -0.39 is 0 Å². The fourth-order valence-corrected chi connectivity index (χ4v) is 5.88. The van der Waals surface area contributed by atoms with Crippen molar-refractivity contribution in [2.24, 2.45) is 0 Å². The summed E-state index contributed by atoms with van der Waals surface area (Å²) in [5.74, 6) is 1.03. The highest BCUT2D eigenvalue weighted by Crippen LogP contribution is 2.38. The number of para-hydroxylation sites is 2. The van der Waals surface area contributed by atoms with Gasteiger partial charge < -0.3 is 9.80 Å².